The lowest BCUT2D eigenvalue weighted by Gasteiger charge is -2.10. The molecule has 0 saturated carbocycles. The first-order valence-corrected chi connectivity index (χ1v) is 4.66. The highest BCUT2D eigenvalue weighted by Crippen LogP contribution is 2.13. The lowest BCUT2D eigenvalue weighted by molar-refractivity contribution is 0.469. The molecule has 0 N–H and O–H groups in total. The number of alkyl halides is 1. The monoisotopic (exact) mass is 178 g/mol. The molecule has 0 aromatic rings. The largest absolute Gasteiger partial charge is 0.126 e. The second kappa shape index (κ2) is 5.03. The Labute approximate surface area is 77.3 Å². The number of rotatable bonds is 0. The number of halogens is 1. The van der Waals surface area contributed by atoms with Gasteiger partial charge in [0.2, 0.25) is 0 Å². The van der Waals surface area contributed by atoms with E-state index in [1.54, 1.807) is 0 Å². The molecule has 0 unspecified atom stereocenters. The fourth-order valence-electron chi connectivity index (χ4n) is 0. The molecule has 0 spiro atoms. The topological polar surface area (TPSA) is 0 Å². The van der Waals surface area contributed by atoms with Gasteiger partial charge in [0.25, 0.3) is 0 Å². The lowest BCUT2D eigenvalue weighted by Crippen LogP contribution is -2.05. The molecule has 0 bridgehead atoms. The molecule has 0 rings (SSSR count). The molecule has 11 heavy (non-hydrogen) atoms. The van der Waals surface area contributed by atoms with Gasteiger partial charge in [-0.3, -0.25) is 0 Å². The van der Waals surface area contributed by atoms with E-state index in [4.69, 9.17) is 11.6 Å². The quantitative estimate of drug-likeness (QED) is 0.485. The summed E-state index contributed by atoms with van der Waals surface area (Å²) in [5.41, 5.74) is 0.807. The van der Waals surface area contributed by atoms with E-state index < -0.39 is 0 Å². The Morgan fingerprint density at radius 1 is 0.818 bits per heavy atom. The number of hydrogen-bond acceptors (Lipinski definition) is 0. The van der Waals surface area contributed by atoms with Crippen molar-refractivity contribution in [3.63, 3.8) is 0 Å². The van der Waals surface area contributed by atoms with E-state index in [0.717, 1.165) is 5.88 Å². The van der Waals surface area contributed by atoms with Gasteiger partial charge in [-0.1, -0.05) is 48.5 Å². The lowest BCUT2D eigenvalue weighted by atomic mass is 10.0. The average Bonchev–Trinajstić information content (AvgIpc) is 1.59. The van der Waals surface area contributed by atoms with E-state index >= 15 is 0 Å². The molecule has 0 atom stereocenters. The van der Waals surface area contributed by atoms with Gasteiger partial charge < -0.3 is 0 Å². The summed E-state index contributed by atoms with van der Waals surface area (Å²) < 4.78 is 0. The van der Waals surface area contributed by atoms with Gasteiger partial charge in [0.05, 0.1) is 0 Å². The number of hydrogen-bond donors (Lipinski definition) is 0. The summed E-state index contributed by atoms with van der Waals surface area (Å²) in [4.78, 5) is 0. The molecule has 0 radical (unpaired) electrons. The van der Waals surface area contributed by atoms with Gasteiger partial charge in [0.15, 0.2) is 0 Å². The Balaban J connectivity index is 0. The third-order valence-electron chi connectivity index (χ3n) is 0.401. The van der Waals surface area contributed by atoms with Gasteiger partial charge in [0, 0.05) is 5.88 Å². The third kappa shape index (κ3) is 65.3. The van der Waals surface area contributed by atoms with Crippen LogP contribution in [0.3, 0.4) is 0 Å². The highest BCUT2D eigenvalue weighted by atomic mass is 35.5. The van der Waals surface area contributed by atoms with Crippen molar-refractivity contribution in [2.24, 2.45) is 10.8 Å². The summed E-state index contributed by atoms with van der Waals surface area (Å²) in [6, 6.07) is 0. The molecule has 0 aromatic heterocycles. The first-order chi connectivity index (χ1) is 4.56. The fraction of sp³-hybridized carbons (Fsp3) is 1.00. The molecule has 0 aliphatic heterocycles. The second-order valence-corrected chi connectivity index (χ2v) is 5.96. The van der Waals surface area contributed by atoms with Gasteiger partial charge in [-0.2, -0.15) is 0 Å². The minimum Gasteiger partial charge on any atom is -0.126 e. The summed E-state index contributed by atoms with van der Waals surface area (Å²) >= 11 is 5.48. The fourth-order valence-corrected chi connectivity index (χ4v) is 0. The van der Waals surface area contributed by atoms with Crippen LogP contribution in [0.2, 0.25) is 0 Å². The Kier molecular flexibility index (Phi) is 6.33. The second-order valence-electron chi connectivity index (χ2n) is 5.69. The minimum atomic E-state index is 0.307. The molecule has 0 amide bonds. The van der Waals surface area contributed by atoms with Crippen LogP contribution >= 0.6 is 11.6 Å². The standard InChI is InChI=1S/C5H11Cl.C5H12/c1-5(2,3)4-6;1-5(2,3)4/h4H2,1-3H3;1-4H3. The van der Waals surface area contributed by atoms with Crippen LogP contribution in [-0.4, -0.2) is 5.88 Å². The molecule has 0 saturated heterocycles. The van der Waals surface area contributed by atoms with Gasteiger partial charge >= 0.3 is 0 Å². The first kappa shape index (κ1) is 13.9. The zero-order valence-electron chi connectivity index (χ0n) is 9.09. The SMILES string of the molecule is CC(C)(C)C.CC(C)(C)CCl. The van der Waals surface area contributed by atoms with Crippen molar-refractivity contribution in [2.75, 3.05) is 5.88 Å². The molecule has 0 nitrogen and oxygen atoms in total. The van der Waals surface area contributed by atoms with E-state index in [9.17, 15) is 0 Å². The minimum absolute atomic E-state index is 0.307. The molecule has 70 valence electrons. The van der Waals surface area contributed by atoms with Crippen molar-refractivity contribution < 1.29 is 0 Å². The van der Waals surface area contributed by atoms with Crippen LogP contribution in [0.15, 0.2) is 0 Å². The molecule has 1 heteroatoms. The van der Waals surface area contributed by atoms with E-state index in [-0.39, 0.29) is 0 Å². The van der Waals surface area contributed by atoms with Gasteiger partial charge in [0.1, 0.15) is 0 Å². The van der Waals surface area contributed by atoms with Crippen LogP contribution in [-0.2, 0) is 0 Å². The molecule has 0 aliphatic carbocycles. The molecular formula is C10H23Cl. The van der Waals surface area contributed by atoms with Crippen molar-refractivity contribution in [3.05, 3.63) is 0 Å². The summed E-state index contributed by atoms with van der Waals surface area (Å²) in [5.74, 6) is 0.743. The maximum Gasteiger partial charge on any atom is 0.0272 e. The van der Waals surface area contributed by atoms with Crippen molar-refractivity contribution in [2.45, 2.75) is 48.5 Å². The van der Waals surface area contributed by atoms with Crippen molar-refractivity contribution in [3.8, 4) is 0 Å². The van der Waals surface area contributed by atoms with E-state index in [0.29, 0.717) is 10.8 Å². The molecular weight excluding hydrogens is 156 g/mol. The van der Waals surface area contributed by atoms with Crippen molar-refractivity contribution in [1.82, 2.24) is 0 Å². The normalized spacial score (nSPS) is 12.0. The maximum atomic E-state index is 5.48. The smallest absolute Gasteiger partial charge is 0.0272 e. The summed E-state index contributed by atoms with van der Waals surface area (Å²) in [5, 5.41) is 0. The van der Waals surface area contributed by atoms with Crippen molar-refractivity contribution in [1.29, 1.82) is 0 Å². The van der Waals surface area contributed by atoms with E-state index in [1.807, 2.05) is 0 Å². The Bertz CT molecular complexity index is 76.0. The van der Waals surface area contributed by atoms with Crippen LogP contribution < -0.4 is 0 Å². The Morgan fingerprint density at radius 2 is 0.909 bits per heavy atom. The van der Waals surface area contributed by atoms with Crippen molar-refractivity contribution >= 4 is 11.6 Å². The summed E-state index contributed by atoms with van der Waals surface area (Å²) in [7, 11) is 0. The summed E-state index contributed by atoms with van der Waals surface area (Å²) in [6.07, 6.45) is 0. The predicted octanol–water partition coefficient (Wildman–Crippen LogP) is 4.32. The Hall–Kier alpha value is 0.290. The van der Waals surface area contributed by atoms with Crippen LogP contribution in [0.1, 0.15) is 48.5 Å². The highest BCUT2D eigenvalue weighted by molar-refractivity contribution is 6.18. The van der Waals surface area contributed by atoms with Crippen LogP contribution in [0.4, 0.5) is 0 Å². The highest BCUT2D eigenvalue weighted by Gasteiger charge is 2.05. The molecule has 0 heterocycles. The average molecular weight is 179 g/mol. The van der Waals surface area contributed by atoms with Crippen LogP contribution in [0.25, 0.3) is 0 Å². The maximum absolute atomic E-state index is 5.48. The van der Waals surface area contributed by atoms with Crippen LogP contribution in [0, 0.1) is 10.8 Å². The molecule has 0 aliphatic rings. The molecule has 0 fully saturated rings. The Morgan fingerprint density at radius 3 is 0.909 bits per heavy atom. The third-order valence-corrected chi connectivity index (χ3v) is 1.20. The first-order valence-electron chi connectivity index (χ1n) is 4.12. The van der Waals surface area contributed by atoms with Crippen LogP contribution in [0.5, 0.6) is 0 Å². The van der Waals surface area contributed by atoms with Gasteiger partial charge in [-0.15, -0.1) is 11.6 Å². The summed E-state index contributed by atoms with van der Waals surface area (Å²) in [6.45, 7) is 15.1. The van der Waals surface area contributed by atoms with E-state index in [1.165, 1.54) is 0 Å². The predicted molar refractivity (Wildman–Crippen MR) is 55.3 cm³/mol. The molecule has 0 aromatic carbocycles. The zero-order chi connectivity index (χ0) is 9.71. The van der Waals surface area contributed by atoms with Gasteiger partial charge in [-0.25, -0.2) is 0 Å². The van der Waals surface area contributed by atoms with E-state index in [2.05, 4.69) is 48.5 Å². The zero-order valence-corrected chi connectivity index (χ0v) is 9.84. The van der Waals surface area contributed by atoms with Gasteiger partial charge in [-0.05, 0) is 10.8 Å².